The summed E-state index contributed by atoms with van der Waals surface area (Å²) in [6.07, 6.45) is 2.09. The zero-order valence-corrected chi connectivity index (χ0v) is 13.5. The van der Waals surface area contributed by atoms with Crippen molar-refractivity contribution >= 4 is 17.4 Å². The maximum absolute atomic E-state index is 12.7. The van der Waals surface area contributed by atoms with Crippen LogP contribution in [0.25, 0.3) is 0 Å². The molecule has 0 aliphatic carbocycles. The quantitative estimate of drug-likeness (QED) is 0.860. The number of fused-ring (bicyclic) bond motifs is 1. The van der Waals surface area contributed by atoms with Crippen LogP contribution in [0.2, 0.25) is 0 Å². The molecule has 1 aliphatic rings. The standard InChI is InChI=1S/C16H21N3OS/c1-16(2,3)17-15(20)19-10-9-18-8-4-6-12(18)14(19)13-7-5-11-21-13/h4-8,11,14H,9-10H2,1-3H3,(H,17,20). The third-order valence-electron chi connectivity index (χ3n) is 3.59. The molecule has 0 spiro atoms. The lowest BCUT2D eigenvalue weighted by Gasteiger charge is -2.38. The number of nitrogens with one attached hydrogen (secondary N) is 1. The first-order valence-electron chi connectivity index (χ1n) is 7.23. The Balaban J connectivity index is 1.95. The summed E-state index contributed by atoms with van der Waals surface area (Å²) < 4.78 is 2.24. The van der Waals surface area contributed by atoms with Gasteiger partial charge in [0.25, 0.3) is 0 Å². The van der Waals surface area contributed by atoms with Crippen molar-refractivity contribution in [1.29, 1.82) is 0 Å². The van der Waals surface area contributed by atoms with Crippen molar-refractivity contribution in [3.63, 3.8) is 0 Å². The number of aromatic nitrogens is 1. The van der Waals surface area contributed by atoms with Crippen molar-refractivity contribution in [1.82, 2.24) is 14.8 Å². The van der Waals surface area contributed by atoms with E-state index in [0.29, 0.717) is 0 Å². The Kier molecular flexibility index (Phi) is 3.53. The first-order chi connectivity index (χ1) is 9.96. The molecule has 4 nitrogen and oxygen atoms in total. The molecule has 0 bridgehead atoms. The van der Waals surface area contributed by atoms with E-state index in [1.165, 1.54) is 10.6 Å². The molecule has 2 aromatic heterocycles. The van der Waals surface area contributed by atoms with Crippen LogP contribution in [0.3, 0.4) is 0 Å². The molecule has 2 aromatic rings. The maximum atomic E-state index is 12.7. The zero-order valence-electron chi connectivity index (χ0n) is 12.7. The van der Waals surface area contributed by atoms with Gasteiger partial charge in [-0.05, 0) is 44.4 Å². The lowest BCUT2D eigenvalue weighted by atomic mass is 10.1. The van der Waals surface area contributed by atoms with Crippen LogP contribution in [0.15, 0.2) is 35.8 Å². The van der Waals surface area contributed by atoms with E-state index in [9.17, 15) is 4.79 Å². The van der Waals surface area contributed by atoms with Crippen molar-refractivity contribution in [3.05, 3.63) is 46.4 Å². The number of amides is 2. The van der Waals surface area contributed by atoms with Gasteiger partial charge in [0.1, 0.15) is 6.04 Å². The van der Waals surface area contributed by atoms with Crippen molar-refractivity contribution in [2.45, 2.75) is 38.9 Å². The SMILES string of the molecule is CC(C)(C)NC(=O)N1CCn2cccc2C1c1cccs1. The predicted molar refractivity (Wildman–Crippen MR) is 85.6 cm³/mol. The van der Waals surface area contributed by atoms with Gasteiger partial charge in [-0.1, -0.05) is 6.07 Å². The minimum atomic E-state index is -0.226. The van der Waals surface area contributed by atoms with E-state index >= 15 is 0 Å². The van der Waals surface area contributed by atoms with Crippen LogP contribution in [0.5, 0.6) is 0 Å². The monoisotopic (exact) mass is 303 g/mol. The number of hydrogen-bond donors (Lipinski definition) is 1. The summed E-state index contributed by atoms with van der Waals surface area (Å²) in [6.45, 7) is 7.61. The summed E-state index contributed by atoms with van der Waals surface area (Å²) >= 11 is 1.70. The van der Waals surface area contributed by atoms with E-state index in [1.807, 2.05) is 31.7 Å². The largest absolute Gasteiger partial charge is 0.347 e. The van der Waals surface area contributed by atoms with E-state index in [4.69, 9.17) is 0 Å². The number of rotatable bonds is 1. The van der Waals surface area contributed by atoms with Gasteiger partial charge < -0.3 is 14.8 Å². The molecule has 0 aromatic carbocycles. The summed E-state index contributed by atoms with van der Waals surface area (Å²) in [5.41, 5.74) is 0.962. The third-order valence-corrected chi connectivity index (χ3v) is 4.52. The second kappa shape index (κ2) is 5.22. The number of nitrogens with zero attached hydrogens (tertiary/aromatic N) is 2. The summed E-state index contributed by atoms with van der Waals surface area (Å²) in [5.74, 6) is 0. The Hall–Kier alpha value is -1.75. The van der Waals surface area contributed by atoms with Crippen molar-refractivity contribution in [2.24, 2.45) is 0 Å². The van der Waals surface area contributed by atoms with Gasteiger partial charge in [0.2, 0.25) is 0 Å². The normalized spacial score (nSPS) is 18.4. The number of urea groups is 1. The van der Waals surface area contributed by atoms with Gasteiger partial charge in [-0.15, -0.1) is 11.3 Å². The highest BCUT2D eigenvalue weighted by atomic mass is 32.1. The molecule has 5 heteroatoms. The van der Waals surface area contributed by atoms with Crippen LogP contribution in [-0.4, -0.2) is 27.6 Å². The van der Waals surface area contributed by atoms with E-state index in [-0.39, 0.29) is 17.6 Å². The van der Waals surface area contributed by atoms with E-state index in [1.54, 1.807) is 11.3 Å². The minimum absolute atomic E-state index is 0.00773. The first-order valence-corrected chi connectivity index (χ1v) is 8.11. The molecular formula is C16H21N3OS. The van der Waals surface area contributed by atoms with Gasteiger partial charge >= 0.3 is 6.03 Å². The molecule has 3 rings (SSSR count). The average molecular weight is 303 g/mol. The van der Waals surface area contributed by atoms with Crippen LogP contribution in [0, 0.1) is 0 Å². The number of thiophene rings is 1. The second-order valence-corrected chi connectivity index (χ2v) is 7.40. The van der Waals surface area contributed by atoms with Crippen molar-refractivity contribution in [3.8, 4) is 0 Å². The molecule has 0 saturated heterocycles. The predicted octanol–water partition coefficient (Wildman–Crippen LogP) is 3.46. The second-order valence-electron chi connectivity index (χ2n) is 6.42. The van der Waals surface area contributed by atoms with Crippen LogP contribution in [-0.2, 0) is 6.54 Å². The molecule has 1 aliphatic heterocycles. The van der Waals surface area contributed by atoms with Gasteiger partial charge in [0.05, 0.1) is 0 Å². The Labute approximate surface area is 129 Å². The Morgan fingerprint density at radius 3 is 2.76 bits per heavy atom. The fourth-order valence-electron chi connectivity index (χ4n) is 2.74. The van der Waals surface area contributed by atoms with E-state index < -0.39 is 0 Å². The highest BCUT2D eigenvalue weighted by molar-refractivity contribution is 7.10. The number of carbonyl (C=O) groups is 1. The van der Waals surface area contributed by atoms with E-state index in [0.717, 1.165) is 13.1 Å². The molecule has 1 unspecified atom stereocenters. The van der Waals surface area contributed by atoms with Crippen LogP contribution >= 0.6 is 11.3 Å². The zero-order chi connectivity index (χ0) is 15.0. The van der Waals surface area contributed by atoms with Gasteiger partial charge in [0.15, 0.2) is 0 Å². The average Bonchev–Trinajstić information content (AvgIpc) is 3.06. The lowest BCUT2D eigenvalue weighted by molar-refractivity contribution is 0.162. The topological polar surface area (TPSA) is 37.3 Å². The molecule has 112 valence electrons. The Morgan fingerprint density at radius 1 is 1.29 bits per heavy atom. The minimum Gasteiger partial charge on any atom is -0.347 e. The van der Waals surface area contributed by atoms with Gasteiger partial charge in [-0.25, -0.2) is 4.79 Å². The fourth-order valence-corrected chi connectivity index (χ4v) is 3.59. The number of carbonyl (C=O) groups excluding carboxylic acids is 1. The maximum Gasteiger partial charge on any atom is 0.318 e. The van der Waals surface area contributed by atoms with Gasteiger partial charge in [-0.3, -0.25) is 0 Å². The Bertz CT molecular complexity index is 624. The molecule has 0 fully saturated rings. The summed E-state index contributed by atoms with van der Waals surface area (Å²) in [4.78, 5) is 15.8. The molecule has 21 heavy (non-hydrogen) atoms. The van der Waals surface area contributed by atoms with Crippen molar-refractivity contribution in [2.75, 3.05) is 6.54 Å². The smallest absolute Gasteiger partial charge is 0.318 e. The molecule has 1 N–H and O–H groups in total. The van der Waals surface area contributed by atoms with Crippen LogP contribution < -0.4 is 5.32 Å². The van der Waals surface area contributed by atoms with Crippen molar-refractivity contribution < 1.29 is 4.79 Å². The lowest BCUT2D eigenvalue weighted by Crippen LogP contribution is -2.52. The molecule has 3 heterocycles. The summed E-state index contributed by atoms with van der Waals surface area (Å²) in [7, 11) is 0. The highest BCUT2D eigenvalue weighted by Gasteiger charge is 2.33. The van der Waals surface area contributed by atoms with Gasteiger partial charge in [-0.2, -0.15) is 0 Å². The number of hydrogen-bond acceptors (Lipinski definition) is 2. The molecule has 1 atom stereocenters. The third kappa shape index (κ3) is 2.83. The first kappa shape index (κ1) is 14.2. The molecule has 2 amide bonds. The molecule has 0 radical (unpaired) electrons. The fraction of sp³-hybridized carbons (Fsp3) is 0.438. The molecular weight excluding hydrogens is 282 g/mol. The summed E-state index contributed by atoms with van der Waals surface area (Å²) in [6, 6.07) is 8.34. The highest BCUT2D eigenvalue weighted by Crippen LogP contribution is 2.34. The van der Waals surface area contributed by atoms with E-state index in [2.05, 4.69) is 39.7 Å². The van der Waals surface area contributed by atoms with Crippen LogP contribution in [0.4, 0.5) is 4.79 Å². The molecule has 0 saturated carbocycles. The van der Waals surface area contributed by atoms with Gasteiger partial charge in [0, 0.05) is 35.4 Å². The summed E-state index contributed by atoms with van der Waals surface area (Å²) in [5, 5.41) is 5.15. The Morgan fingerprint density at radius 2 is 2.10 bits per heavy atom. The van der Waals surface area contributed by atoms with Crippen LogP contribution in [0.1, 0.15) is 37.4 Å².